The van der Waals surface area contributed by atoms with Gasteiger partial charge in [-0.3, -0.25) is 4.79 Å². The van der Waals surface area contributed by atoms with Crippen molar-refractivity contribution in [1.29, 1.82) is 0 Å². The van der Waals surface area contributed by atoms with Crippen molar-refractivity contribution in [1.82, 2.24) is 10.6 Å². The number of halogens is 1. The van der Waals surface area contributed by atoms with Crippen LogP contribution in [0.5, 0.6) is 0 Å². The van der Waals surface area contributed by atoms with Crippen molar-refractivity contribution >= 4 is 18.3 Å². The third kappa shape index (κ3) is 2.83. The van der Waals surface area contributed by atoms with Crippen LogP contribution in [0.1, 0.15) is 25.7 Å². The summed E-state index contributed by atoms with van der Waals surface area (Å²) in [5, 5.41) is 15.5. The summed E-state index contributed by atoms with van der Waals surface area (Å²) < 4.78 is 0. The third-order valence-corrected chi connectivity index (χ3v) is 2.67. The second-order valence-corrected chi connectivity index (χ2v) is 3.93. The highest BCUT2D eigenvalue weighted by Crippen LogP contribution is 2.19. The van der Waals surface area contributed by atoms with E-state index in [1.54, 1.807) is 0 Å². The zero-order valence-electron chi connectivity index (χ0n) is 8.03. The number of amides is 1. The first-order valence-corrected chi connectivity index (χ1v) is 4.99. The predicted octanol–water partition coefficient (Wildman–Crippen LogP) is -0.200. The molecule has 2 aliphatic rings. The van der Waals surface area contributed by atoms with Crippen molar-refractivity contribution in [3.8, 4) is 0 Å². The first kappa shape index (κ1) is 11.8. The SMILES string of the molecule is Cl.O=C(NC1CC1)C(O)C1CCCN1. The molecular weight excluding hydrogens is 204 g/mol. The Bertz CT molecular complexity index is 203. The molecule has 2 rings (SSSR count). The van der Waals surface area contributed by atoms with Gasteiger partial charge in [-0.05, 0) is 32.2 Å². The van der Waals surface area contributed by atoms with E-state index in [4.69, 9.17) is 0 Å². The summed E-state index contributed by atoms with van der Waals surface area (Å²) in [5.74, 6) is -0.207. The van der Waals surface area contributed by atoms with Crippen LogP contribution in [-0.2, 0) is 4.79 Å². The molecule has 2 atom stereocenters. The maximum Gasteiger partial charge on any atom is 0.250 e. The summed E-state index contributed by atoms with van der Waals surface area (Å²) in [7, 11) is 0. The standard InChI is InChI=1S/C9H16N2O2.ClH/c12-8(7-2-1-5-10-7)9(13)11-6-3-4-6;/h6-8,10,12H,1-5H2,(H,11,13);1H. The van der Waals surface area contributed by atoms with Crippen LogP contribution in [0.15, 0.2) is 0 Å². The average molecular weight is 221 g/mol. The Labute approximate surface area is 89.9 Å². The molecule has 0 spiro atoms. The number of aliphatic hydroxyl groups excluding tert-OH is 1. The Hall–Kier alpha value is -0.320. The minimum atomic E-state index is -0.858. The van der Waals surface area contributed by atoms with E-state index >= 15 is 0 Å². The van der Waals surface area contributed by atoms with E-state index in [-0.39, 0.29) is 24.4 Å². The zero-order valence-corrected chi connectivity index (χ0v) is 8.85. The van der Waals surface area contributed by atoms with Crippen LogP contribution in [0.4, 0.5) is 0 Å². The molecule has 1 saturated carbocycles. The van der Waals surface area contributed by atoms with Crippen LogP contribution in [0.3, 0.4) is 0 Å². The number of hydrogen-bond donors (Lipinski definition) is 3. The van der Waals surface area contributed by atoms with Gasteiger partial charge in [-0.15, -0.1) is 12.4 Å². The van der Waals surface area contributed by atoms with Crippen molar-refractivity contribution in [2.45, 2.75) is 43.9 Å². The predicted molar refractivity (Wildman–Crippen MR) is 55.4 cm³/mol. The molecule has 2 unspecified atom stereocenters. The van der Waals surface area contributed by atoms with Gasteiger partial charge in [-0.2, -0.15) is 0 Å². The van der Waals surface area contributed by atoms with Crippen LogP contribution in [0.25, 0.3) is 0 Å². The monoisotopic (exact) mass is 220 g/mol. The summed E-state index contributed by atoms with van der Waals surface area (Å²) in [6, 6.07) is 0.308. The third-order valence-electron chi connectivity index (χ3n) is 2.67. The Morgan fingerprint density at radius 2 is 2.14 bits per heavy atom. The summed E-state index contributed by atoms with van der Waals surface area (Å²) in [6.45, 7) is 0.915. The molecular formula is C9H17ClN2O2. The molecule has 0 aromatic rings. The van der Waals surface area contributed by atoms with Gasteiger partial charge in [0.05, 0.1) is 0 Å². The van der Waals surface area contributed by atoms with Crippen LogP contribution in [0.2, 0.25) is 0 Å². The summed E-state index contributed by atoms with van der Waals surface area (Å²) in [4.78, 5) is 11.4. The summed E-state index contributed by atoms with van der Waals surface area (Å²) in [6.07, 6.45) is 3.23. The second-order valence-electron chi connectivity index (χ2n) is 3.93. The van der Waals surface area contributed by atoms with Crippen LogP contribution >= 0.6 is 12.4 Å². The lowest BCUT2D eigenvalue weighted by molar-refractivity contribution is -0.130. The molecule has 0 aromatic carbocycles. The van der Waals surface area contributed by atoms with Crippen molar-refractivity contribution in [3.63, 3.8) is 0 Å². The van der Waals surface area contributed by atoms with E-state index in [2.05, 4.69) is 10.6 Å². The molecule has 0 radical (unpaired) electrons. The lowest BCUT2D eigenvalue weighted by Gasteiger charge is -2.17. The highest BCUT2D eigenvalue weighted by Gasteiger charge is 2.31. The van der Waals surface area contributed by atoms with Crippen molar-refractivity contribution in [2.24, 2.45) is 0 Å². The fourth-order valence-electron chi connectivity index (χ4n) is 1.68. The average Bonchev–Trinajstić information content (AvgIpc) is 2.78. The van der Waals surface area contributed by atoms with Gasteiger partial charge in [0.2, 0.25) is 0 Å². The molecule has 1 aliphatic carbocycles. The molecule has 4 nitrogen and oxygen atoms in total. The van der Waals surface area contributed by atoms with E-state index in [1.807, 2.05) is 0 Å². The number of nitrogens with one attached hydrogen (secondary N) is 2. The first-order chi connectivity index (χ1) is 6.27. The fourth-order valence-corrected chi connectivity index (χ4v) is 1.68. The van der Waals surface area contributed by atoms with Gasteiger partial charge in [0.25, 0.3) is 5.91 Å². The van der Waals surface area contributed by atoms with Gasteiger partial charge in [0, 0.05) is 12.1 Å². The maximum atomic E-state index is 11.4. The molecule has 1 saturated heterocycles. The lowest BCUT2D eigenvalue weighted by Crippen LogP contribution is -2.46. The van der Waals surface area contributed by atoms with Crippen molar-refractivity contribution in [3.05, 3.63) is 0 Å². The Kier molecular flexibility index (Phi) is 4.16. The Balaban J connectivity index is 0.000000980. The highest BCUT2D eigenvalue weighted by atomic mass is 35.5. The van der Waals surface area contributed by atoms with E-state index in [9.17, 15) is 9.90 Å². The molecule has 0 aromatic heterocycles. The normalized spacial score (nSPS) is 27.9. The fraction of sp³-hybridized carbons (Fsp3) is 0.889. The van der Waals surface area contributed by atoms with Crippen LogP contribution in [0, 0.1) is 0 Å². The second kappa shape index (κ2) is 4.96. The molecule has 0 bridgehead atoms. The number of carbonyl (C=O) groups excluding carboxylic acids is 1. The van der Waals surface area contributed by atoms with Crippen LogP contribution < -0.4 is 10.6 Å². The van der Waals surface area contributed by atoms with E-state index in [1.165, 1.54) is 0 Å². The maximum absolute atomic E-state index is 11.4. The number of hydrogen-bond acceptors (Lipinski definition) is 3. The van der Waals surface area contributed by atoms with Gasteiger partial charge in [0.1, 0.15) is 6.10 Å². The summed E-state index contributed by atoms with van der Waals surface area (Å²) in [5.41, 5.74) is 0. The topological polar surface area (TPSA) is 61.4 Å². The molecule has 1 amide bonds. The van der Waals surface area contributed by atoms with Gasteiger partial charge in [0.15, 0.2) is 0 Å². The highest BCUT2D eigenvalue weighted by molar-refractivity contribution is 5.85. The van der Waals surface area contributed by atoms with Crippen molar-refractivity contribution < 1.29 is 9.90 Å². The largest absolute Gasteiger partial charge is 0.382 e. The van der Waals surface area contributed by atoms with Gasteiger partial charge in [-0.25, -0.2) is 0 Å². The molecule has 14 heavy (non-hydrogen) atoms. The number of aliphatic hydroxyl groups is 1. The van der Waals surface area contributed by atoms with Gasteiger partial charge < -0.3 is 15.7 Å². The van der Waals surface area contributed by atoms with E-state index < -0.39 is 6.10 Å². The Morgan fingerprint density at radius 3 is 2.64 bits per heavy atom. The van der Waals surface area contributed by atoms with Gasteiger partial charge >= 0.3 is 0 Å². The molecule has 3 N–H and O–H groups in total. The van der Waals surface area contributed by atoms with Crippen LogP contribution in [-0.4, -0.2) is 35.7 Å². The minimum absolute atomic E-state index is 0. The van der Waals surface area contributed by atoms with Gasteiger partial charge in [-0.1, -0.05) is 0 Å². The quantitative estimate of drug-likeness (QED) is 0.618. The number of carbonyl (C=O) groups is 1. The Morgan fingerprint density at radius 1 is 1.43 bits per heavy atom. The molecule has 82 valence electrons. The molecule has 1 aliphatic heterocycles. The first-order valence-electron chi connectivity index (χ1n) is 4.99. The summed E-state index contributed by atoms with van der Waals surface area (Å²) >= 11 is 0. The zero-order chi connectivity index (χ0) is 9.26. The molecule has 5 heteroatoms. The lowest BCUT2D eigenvalue weighted by atomic mass is 10.1. The number of rotatable bonds is 3. The van der Waals surface area contributed by atoms with Crippen molar-refractivity contribution in [2.75, 3.05) is 6.54 Å². The smallest absolute Gasteiger partial charge is 0.250 e. The van der Waals surface area contributed by atoms with E-state index in [0.717, 1.165) is 32.2 Å². The van der Waals surface area contributed by atoms with E-state index in [0.29, 0.717) is 6.04 Å². The molecule has 2 fully saturated rings. The molecule has 1 heterocycles. The minimum Gasteiger partial charge on any atom is -0.382 e.